The molecule has 0 aliphatic rings. The molecule has 1 aromatic heterocycles. The highest BCUT2D eigenvalue weighted by molar-refractivity contribution is 7.10. The van der Waals surface area contributed by atoms with E-state index in [0.717, 1.165) is 23.4 Å². The van der Waals surface area contributed by atoms with Gasteiger partial charge in [0.2, 0.25) is 0 Å². The van der Waals surface area contributed by atoms with Crippen molar-refractivity contribution < 1.29 is 27.5 Å². The molecular weight excluding hydrogens is 393 g/mol. The van der Waals surface area contributed by atoms with Gasteiger partial charge in [0.05, 0.1) is 5.56 Å². The number of nitrogens with two attached hydrogens (primary N) is 1. The second kappa shape index (κ2) is 9.20. The van der Waals surface area contributed by atoms with E-state index < -0.39 is 23.8 Å². The summed E-state index contributed by atoms with van der Waals surface area (Å²) < 4.78 is 41.9. The van der Waals surface area contributed by atoms with Crippen LogP contribution in [0.2, 0.25) is 0 Å². The number of rotatable bonds is 8. The van der Waals surface area contributed by atoms with Gasteiger partial charge in [0.1, 0.15) is 5.75 Å². The molecule has 0 aliphatic carbocycles. The molecule has 0 saturated heterocycles. The van der Waals surface area contributed by atoms with Gasteiger partial charge in [-0.25, -0.2) is 4.79 Å². The minimum absolute atomic E-state index is 0.299. The zero-order valence-electron chi connectivity index (χ0n) is 15.4. The van der Waals surface area contributed by atoms with Crippen LogP contribution in [0, 0.1) is 5.92 Å². The standard InChI is InChI=1S/C19H21F3N2O3S/c1-11(2)5-6-24-9-14-7-13(10-28-14)12-3-4-15(17(23)25)16(8-12)27-18(26)19(20,21)22/h3-4,7-8,10-11,24H,5-6,9H2,1-2H3,(H2,23,25). The van der Waals surface area contributed by atoms with Crippen LogP contribution in [0.1, 0.15) is 35.5 Å². The first-order valence-electron chi connectivity index (χ1n) is 8.59. The molecule has 0 aliphatic heterocycles. The molecule has 1 heterocycles. The molecule has 28 heavy (non-hydrogen) atoms. The number of thiophene rings is 1. The Bertz CT molecular complexity index is 847. The Hall–Kier alpha value is -2.39. The number of amides is 1. The predicted molar refractivity (Wildman–Crippen MR) is 101 cm³/mol. The Labute approximate surface area is 164 Å². The second-order valence-electron chi connectivity index (χ2n) is 6.62. The number of alkyl halides is 3. The third kappa shape index (κ3) is 6.07. The van der Waals surface area contributed by atoms with Crippen molar-refractivity contribution in [1.29, 1.82) is 0 Å². The largest absolute Gasteiger partial charge is 0.491 e. The Morgan fingerprint density at radius 3 is 2.54 bits per heavy atom. The molecule has 0 bridgehead atoms. The molecule has 1 aromatic carbocycles. The summed E-state index contributed by atoms with van der Waals surface area (Å²) in [5.74, 6) is -3.31. The number of primary amides is 1. The number of halogens is 3. The molecule has 2 aromatic rings. The Kier molecular flexibility index (Phi) is 7.20. The smallest absolute Gasteiger partial charge is 0.419 e. The lowest BCUT2D eigenvalue weighted by molar-refractivity contribution is -0.189. The van der Waals surface area contributed by atoms with E-state index in [4.69, 9.17) is 5.73 Å². The number of hydrogen-bond donors (Lipinski definition) is 2. The van der Waals surface area contributed by atoms with Gasteiger partial charge in [-0.2, -0.15) is 13.2 Å². The SMILES string of the molecule is CC(C)CCNCc1cc(-c2ccc(C(N)=O)c(OC(=O)C(F)(F)F)c2)cs1. The number of benzene rings is 1. The van der Waals surface area contributed by atoms with Crippen molar-refractivity contribution in [3.05, 3.63) is 40.1 Å². The highest BCUT2D eigenvalue weighted by atomic mass is 32.1. The molecule has 0 radical (unpaired) electrons. The van der Waals surface area contributed by atoms with Crippen LogP contribution in [0.5, 0.6) is 5.75 Å². The Balaban J connectivity index is 2.19. The van der Waals surface area contributed by atoms with E-state index in [1.54, 1.807) is 6.07 Å². The number of carbonyl (C=O) groups excluding carboxylic acids is 2. The van der Waals surface area contributed by atoms with E-state index in [9.17, 15) is 22.8 Å². The van der Waals surface area contributed by atoms with E-state index in [1.165, 1.54) is 23.5 Å². The molecule has 5 nitrogen and oxygen atoms in total. The lowest BCUT2D eigenvalue weighted by Crippen LogP contribution is -2.29. The van der Waals surface area contributed by atoms with Gasteiger partial charge in [0.15, 0.2) is 0 Å². The van der Waals surface area contributed by atoms with Crippen LogP contribution in [-0.4, -0.2) is 24.6 Å². The van der Waals surface area contributed by atoms with Crippen molar-refractivity contribution in [2.24, 2.45) is 11.7 Å². The van der Waals surface area contributed by atoms with Crippen molar-refractivity contribution in [3.63, 3.8) is 0 Å². The molecule has 0 fully saturated rings. The van der Waals surface area contributed by atoms with E-state index in [-0.39, 0.29) is 5.56 Å². The summed E-state index contributed by atoms with van der Waals surface area (Å²) in [6.07, 6.45) is -4.12. The summed E-state index contributed by atoms with van der Waals surface area (Å²) in [5, 5.41) is 5.17. The minimum atomic E-state index is -5.18. The zero-order chi connectivity index (χ0) is 20.9. The number of nitrogens with one attached hydrogen (secondary N) is 1. The van der Waals surface area contributed by atoms with E-state index in [2.05, 4.69) is 23.9 Å². The summed E-state index contributed by atoms with van der Waals surface area (Å²) in [6.45, 7) is 5.84. The summed E-state index contributed by atoms with van der Waals surface area (Å²) in [6, 6.07) is 5.89. The maximum absolute atomic E-state index is 12.5. The average molecular weight is 414 g/mol. The molecule has 9 heteroatoms. The predicted octanol–water partition coefficient (Wildman–Crippen LogP) is 4.12. The van der Waals surface area contributed by atoms with Gasteiger partial charge in [-0.05, 0) is 53.6 Å². The maximum atomic E-state index is 12.5. The number of ether oxygens (including phenoxy) is 1. The summed E-state index contributed by atoms with van der Waals surface area (Å²) in [4.78, 5) is 23.6. The monoisotopic (exact) mass is 414 g/mol. The fourth-order valence-electron chi connectivity index (χ4n) is 2.37. The van der Waals surface area contributed by atoms with Crippen LogP contribution in [0.4, 0.5) is 13.2 Å². The van der Waals surface area contributed by atoms with Gasteiger partial charge in [0.25, 0.3) is 5.91 Å². The van der Waals surface area contributed by atoms with Gasteiger partial charge < -0.3 is 15.8 Å². The van der Waals surface area contributed by atoms with Gasteiger partial charge in [-0.15, -0.1) is 11.3 Å². The second-order valence-corrected chi connectivity index (χ2v) is 7.62. The molecule has 0 spiro atoms. The van der Waals surface area contributed by atoms with Crippen LogP contribution < -0.4 is 15.8 Å². The van der Waals surface area contributed by atoms with Crippen molar-refractivity contribution in [1.82, 2.24) is 5.32 Å². The average Bonchev–Trinajstić information content (AvgIpc) is 3.06. The first-order valence-corrected chi connectivity index (χ1v) is 9.47. The van der Waals surface area contributed by atoms with Crippen LogP contribution in [0.3, 0.4) is 0 Å². The van der Waals surface area contributed by atoms with Crippen molar-refractivity contribution in [2.75, 3.05) is 6.54 Å². The van der Waals surface area contributed by atoms with Crippen molar-refractivity contribution in [3.8, 4) is 16.9 Å². The van der Waals surface area contributed by atoms with E-state index in [0.29, 0.717) is 18.0 Å². The van der Waals surface area contributed by atoms with Gasteiger partial charge in [-0.1, -0.05) is 19.9 Å². The van der Waals surface area contributed by atoms with Gasteiger partial charge in [0, 0.05) is 11.4 Å². The molecule has 152 valence electrons. The third-order valence-corrected chi connectivity index (χ3v) is 4.80. The number of esters is 1. The fraction of sp³-hybridized carbons (Fsp3) is 0.368. The molecule has 3 N–H and O–H groups in total. The quantitative estimate of drug-likeness (QED) is 0.387. The van der Waals surface area contributed by atoms with E-state index >= 15 is 0 Å². The zero-order valence-corrected chi connectivity index (χ0v) is 16.2. The van der Waals surface area contributed by atoms with Gasteiger partial charge >= 0.3 is 12.1 Å². The van der Waals surface area contributed by atoms with Crippen LogP contribution in [0.25, 0.3) is 11.1 Å². The molecule has 0 unspecified atom stereocenters. The molecular formula is C19H21F3N2O3S. The highest BCUT2D eigenvalue weighted by Crippen LogP contribution is 2.31. The number of carbonyl (C=O) groups is 2. The topological polar surface area (TPSA) is 81.4 Å². The molecule has 2 rings (SSSR count). The van der Waals surface area contributed by atoms with Crippen molar-refractivity contribution >= 4 is 23.2 Å². The first-order chi connectivity index (χ1) is 13.1. The van der Waals surface area contributed by atoms with Crippen LogP contribution in [0.15, 0.2) is 29.6 Å². The lowest BCUT2D eigenvalue weighted by Gasteiger charge is -2.11. The van der Waals surface area contributed by atoms with Gasteiger partial charge in [-0.3, -0.25) is 4.79 Å². The summed E-state index contributed by atoms with van der Waals surface area (Å²) in [5.41, 5.74) is 6.12. The summed E-state index contributed by atoms with van der Waals surface area (Å²) in [7, 11) is 0. The number of hydrogen-bond acceptors (Lipinski definition) is 5. The van der Waals surface area contributed by atoms with E-state index in [1.807, 2.05) is 11.4 Å². The lowest BCUT2D eigenvalue weighted by atomic mass is 10.0. The summed E-state index contributed by atoms with van der Waals surface area (Å²) >= 11 is 1.50. The molecule has 0 saturated carbocycles. The molecule has 0 atom stereocenters. The highest BCUT2D eigenvalue weighted by Gasteiger charge is 2.41. The normalized spacial score (nSPS) is 11.6. The Morgan fingerprint density at radius 2 is 1.93 bits per heavy atom. The molecule has 1 amide bonds. The van der Waals surface area contributed by atoms with Crippen LogP contribution in [-0.2, 0) is 11.3 Å². The van der Waals surface area contributed by atoms with Crippen LogP contribution >= 0.6 is 11.3 Å². The van der Waals surface area contributed by atoms with Crippen molar-refractivity contribution in [2.45, 2.75) is 33.0 Å². The first kappa shape index (κ1) is 21.9. The maximum Gasteiger partial charge on any atom is 0.491 e. The fourth-order valence-corrected chi connectivity index (χ4v) is 3.24. The minimum Gasteiger partial charge on any atom is -0.419 e. The third-order valence-electron chi connectivity index (χ3n) is 3.87. The Morgan fingerprint density at radius 1 is 1.21 bits per heavy atom.